The van der Waals surface area contributed by atoms with E-state index in [0.717, 1.165) is 11.8 Å². The Bertz CT molecular complexity index is 224. The van der Waals surface area contributed by atoms with E-state index in [2.05, 4.69) is 0 Å². The molecule has 0 spiro atoms. The third-order valence-electron chi connectivity index (χ3n) is 3.90. The molecule has 2 aliphatic carbocycles. The maximum Gasteiger partial charge on any atom is 0.163 e. The van der Waals surface area contributed by atoms with Crippen molar-refractivity contribution in [1.82, 2.24) is 0 Å². The second kappa shape index (κ2) is 2.48. The van der Waals surface area contributed by atoms with E-state index in [9.17, 15) is 0 Å². The van der Waals surface area contributed by atoms with Crippen molar-refractivity contribution in [1.29, 1.82) is 0 Å². The highest BCUT2D eigenvalue weighted by Crippen LogP contribution is 2.51. The van der Waals surface area contributed by atoms with Crippen molar-refractivity contribution in [2.75, 3.05) is 0 Å². The molecule has 2 saturated carbocycles. The first-order valence-corrected chi connectivity index (χ1v) is 5.51. The Kier molecular flexibility index (Phi) is 1.58. The van der Waals surface area contributed by atoms with E-state index < -0.39 is 0 Å². The van der Waals surface area contributed by atoms with Crippen LogP contribution in [0, 0.1) is 11.8 Å². The number of fused-ring (bicyclic) bond motifs is 3. The first-order valence-electron chi connectivity index (χ1n) is 5.51. The van der Waals surface area contributed by atoms with Gasteiger partial charge >= 0.3 is 0 Å². The monoisotopic (exact) mass is 182 g/mol. The summed E-state index contributed by atoms with van der Waals surface area (Å²) >= 11 is 0. The number of rotatable bonds is 0. The molecule has 3 rings (SSSR count). The maximum atomic E-state index is 5.96. The fourth-order valence-electron chi connectivity index (χ4n) is 3.50. The fourth-order valence-corrected chi connectivity index (χ4v) is 3.50. The summed E-state index contributed by atoms with van der Waals surface area (Å²) in [4.78, 5) is 0. The van der Waals surface area contributed by atoms with Crippen molar-refractivity contribution in [3.8, 4) is 0 Å². The summed E-state index contributed by atoms with van der Waals surface area (Å²) < 4.78 is 11.9. The highest BCUT2D eigenvalue weighted by Gasteiger charge is 2.54. The molecule has 13 heavy (non-hydrogen) atoms. The summed E-state index contributed by atoms with van der Waals surface area (Å²) in [6.07, 6.45) is 6.25. The molecule has 0 amide bonds. The lowest BCUT2D eigenvalue weighted by Gasteiger charge is -2.22. The van der Waals surface area contributed by atoms with E-state index >= 15 is 0 Å². The van der Waals surface area contributed by atoms with Gasteiger partial charge in [0.1, 0.15) is 0 Å². The zero-order valence-corrected chi connectivity index (χ0v) is 8.45. The van der Waals surface area contributed by atoms with Crippen molar-refractivity contribution in [2.45, 2.75) is 57.5 Å². The highest BCUT2D eigenvalue weighted by atomic mass is 16.8. The molecule has 74 valence electrons. The van der Waals surface area contributed by atoms with Crippen molar-refractivity contribution in [2.24, 2.45) is 11.8 Å². The Balaban J connectivity index is 1.81. The normalized spacial score (nSPS) is 52.2. The molecule has 2 heteroatoms. The predicted octanol–water partition coefficient (Wildman–Crippen LogP) is 2.33. The van der Waals surface area contributed by atoms with Crippen molar-refractivity contribution >= 4 is 0 Å². The van der Waals surface area contributed by atoms with Gasteiger partial charge in [-0.2, -0.15) is 0 Å². The Morgan fingerprint density at radius 1 is 1.15 bits per heavy atom. The molecule has 1 saturated heterocycles. The van der Waals surface area contributed by atoms with Crippen molar-refractivity contribution < 1.29 is 9.47 Å². The average Bonchev–Trinajstić information content (AvgIpc) is 2.58. The molecule has 0 aromatic rings. The molecule has 2 nitrogen and oxygen atoms in total. The lowest BCUT2D eigenvalue weighted by Crippen LogP contribution is -2.25. The van der Waals surface area contributed by atoms with E-state index in [1.165, 1.54) is 25.7 Å². The minimum atomic E-state index is -0.317. The first-order chi connectivity index (χ1) is 6.16. The fraction of sp³-hybridized carbons (Fsp3) is 1.00. The smallest absolute Gasteiger partial charge is 0.163 e. The average molecular weight is 182 g/mol. The van der Waals surface area contributed by atoms with E-state index in [1.54, 1.807) is 0 Å². The Morgan fingerprint density at radius 3 is 2.85 bits per heavy atom. The largest absolute Gasteiger partial charge is 0.345 e. The summed E-state index contributed by atoms with van der Waals surface area (Å²) in [5.41, 5.74) is 0. The van der Waals surface area contributed by atoms with Gasteiger partial charge in [0.25, 0.3) is 0 Å². The van der Waals surface area contributed by atoms with Gasteiger partial charge in [-0.1, -0.05) is 6.42 Å². The van der Waals surface area contributed by atoms with Gasteiger partial charge < -0.3 is 9.47 Å². The van der Waals surface area contributed by atoms with Crippen molar-refractivity contribution in [3.63, 3.8) is 0 Å². The molecular formula is C11H18O2. The predicted molar refractivity (Wildman–Crippen MR) is 49.3 cm³/mol. The van der Waals surface area contributed by atoms with E-state index in [4.69, 9.17) is 9.47 Å². The summed E-state index contributed by atoms with van der Waals surface area (Å²) in [6, 6.07) is 0. The quantitative estimate of drug-likeness (QED) is 0.572. The van der Waals surface area contributed by atoms with Gasteiger partial charge in [0.15, 0.2) is 5.79 Å². The van der Waals surface area contributed by atoms with Crippen LogP contribution < -0.4 is 0 Å². The first kappa shape index (κ1) is 8.25. The molecule has 3 fully saturated rings. The third kappa shape index (κ3) is 1.15. The van der Waals surface area contributed by atoms with Gasteiger partial charge in [-0.3, -0.25) is 0 Å². The molecular weight excluding hydrogens is 164 g/mol. The van der Waals surface area contributed by atoms with Crippen LogP contribution in [0.25, 0.3) is 0 Å². The van der Waals surface area contributed by atoms with E-state index in [1.807, 2.05) is 13.8 Å². The number of hydrogen-bond acceptors (Lipinski definition) is 2. The Labute approximate surface area is 79.6 Å². The van der Waals surface area contributed by atoms with Gasteiger partial charge in [-0.05, 0) is 44.9 Å². The molecule has 1 heterocycles. The van der Waals surface area contributed by atoms with Gasteiger partial charge in [0, 0.05) is 0 Å². The van der Waals surface area contributed by atoms with Crippen LogP contribution >= 0.6 is 0 Å². The topological polar surface area (TPSA) is 18.5 Å². The van der Waals surface area contributed by atoms with Gasteiger partial charge in [-0.25, -0.2) is 0 Å². The second-order valence-electron chi connectivity index (χ2n) is 5.23. The zero-order valence-electron chi connectivity index (χ0n) is 8.45. The van der Waals surface area contributed by atoms with Crippen LogP contribution in [-0.2, 0) is 9.47 Å². The van der Waals surface area contributed by atoms with Crippen LogP contribution in [0.4, 0.5) is 0 Å². The van der Waals surface area contributed by atoms with Crippen LogP contribution in [-0.4, -0.2) is 18.0 Å². The van der Waals surface area contributed by atoms with Gasteiger partial charge in [0.2, 0.25) is 0 Å². The number of ether oxygens (including phenoxy) is 2. The van der Waals surface area contributed by atoms with Crippen LogP contribution in [0.1, 0.15) is 39.5 Å². The molecule has 0 bridgehead atoms. The standard InChI is InChI=1S/C11H18O2/c1-11(2)12-9-6-7-4-3-5-8(7)10(9)13-11/h7-10H,3-6H2,1-2H3/t7-,8-,9-,10+/m1/s1. The van der Waals surface area contributed by atoms with E-state index in [0.29, 0.717) is 12.2 Å². The molecule has 3 aliphatic rings. The molecule has 4 atom stereocenters. The number of hydrogen-bond donors (Lipinski definition) is 0. The van der Waals surface area contributed by atoms with Gasteiger partial charge in [-0.15, -0.1) is 0 Å². The van der Waals surface area contributed by atoms with Crippen LogP contribution in [0.5, 0.6) is 0 Å². The molecule has 0 aromatic heterocycles. The SMILES string of the molecule is CC1(C)O[C@H]2[C@@H]3CCC[C@@H]3C[C@H]2O1. The van der Waals surface area contributed by atoms with Crippen LogP contribution in [0.3, 0.4) is 0 Å². The molecule has 0 unspecified atom stereocenters. The molecule has 0 N–H and O–H groups in total. The summed E-state index contributed by atoms with van der Waals surface area (Å²) in [5, 5.41) is 0. The van der Waals surface area contributed by atoms with Crippen LogP contribution in [0.2, 0.25) is 0 Å². The maximum absolute atomic E-state index is 5.96. The lowest BCUT2D eigenvalue weighted by molar-refractivity contribution is -0.158. The second-order valence-corrected chi connectivity index (χ2v) is 5.23. The summed E-state index contributed by atoms with van der Waals surface area (Å²) in [7, 11) is 0. The van der Waals surface area contributed by atoms with Crippen molar-refractivity contribution in [3.05, 3.63) is 0 Å². The minimum Gasteiger partial charge on any atom is -0.345 e. The Morgan fingerprint density at radius 2 is 2.00 bits per heavy atom. The molecule has 0 aromatic carbocycles. The highest BCUT2D eigenvalue weighted by molar-refractivity contribution is 4.99. The molecule has 0 radical (unpaired) electrons. The summed E-state index contributed by atoms with van der Waals surface area (Å²) in [5.74, 6) is 1.40. The lowest BCUT2D eigenvalue weighted by atomic mass is 9.99. The minimum absolute atomic E-state index is 0.317. The summed E-state index contributed by atoms with van der Waals surface area (Å²) in [6.45, 7) is 4.07. The Hall–Kier alpha value is -0.0800. The van der Waals surface area contributed by atoms with Gasteiger partial charge in [0.05, 0.1) is 12.2 Å². The van der Waals surface area contributed by atoms with E-state index in [-0.39, 0.29) is 5.79 Å². The zero-order chi connectivity index (χ0) is 9.05. The third-order valence-corrected chi connectivity index (χ3v) is 3.90. The molecule has 1 aliphatic heterocycles. The van der Waals surface area contributed by atoms with Crippen LogP contribution in [0.15, 0.2) is 0 Å².